The summed E-state index contributed by atoms with van der Waals surface area (Å²) in [5.41, 5.74) is 3.01. The zero-order chi connectivity index (χ0) is 18.2. The molecule has 0 bridgehead atoms. The second kappa shape index (κ2) is 6.35. The van der Waals surface area contributed by atoms with Crippen molar-refractivity contribution in [3.63, 3.8) is 0 Å². The molecule has 0 unspecified atom stereocenters. The smallest absolute Gasteiger partial charge is 0.263 e. The van der Waals surface area contributed by atoms with Crippen LogP contribution < -0.4 is 4.72 Å². The summed E-state index contributed by atoms with van der Waals surface area (Å²) < 4.78 is 30.0. The van der Waals surface area contributed by atoms with Gasteiger partial charge in [0, 0.05) is 23.8 Å². The Balaban J connectivity index is 2.02. The van der Waals surface area contributed by atoms with Gasteiger partial charge in [0.2, 0.25) is 0 Å². The van der Waals surface area contributed by atoms with E-state index in [2.05, 4.69) is 9.71 Å². The first-order chi connectivity index (χ1) is 11.8. The highest BCUT2D eigenvalue weighted by Crippen LogP contribution is 2.30. The third-order valence-electron chi connectivity index (χ3n) is 3.86. The van der Waals surface area contributed by atoms with Gasteiger partial charge < -0.3 is 4.57 Å². The summed E-state index contributed by atoms with van der Waals surface area (Å²) in [6, 6.07) is 9.99. The van der Waals surface area contributed by atoms with Gasteiger partial charge in [-0.15, -0.1) is 11.3 Å². The Morgan fingerprint density at radius 1 is 1.28 bits per heavy atom. The molecule has 128 valence electrons. The molecule has 2 heterocycles. The zero-order valence-corrected chi connectivity index (χ0v) is 15.6. The maximum atomic E-state index is 12.8. The molecule has 8 heteroatoms. The summed E-state index contributed by atoms with van der Waals surface area (Å²) >= 11 is 1.48. The number of hydrogen-bond donors (Lipinski definition) is 1. The lowest BCUT2D eigenvalue weighted by Crippen LogP contribution is -2.13. The van der Waals surface area contributed by atoms with Gasteiger partial charge in [-0.05, 0) is 38.1 Å². The van der Waals surface area contributed by atoms with Crippen LogP contribution in [-0.4, -0.2) is 18.0 Å². The van der Waals surface area contributed by atoms with Crippen molar-refractivity contribution in [2.75, 3.05) is 4.72 Å². The number of nitriles is 1. The Hall–Kier alpha value is -2.63. The minimum atomic E-state index is -3.78. The molecule has 0 aliphatic heterocycles. The van der Waals surface area contributed by atoms with Crippen molar-refractivity contribution in [2.45, 2.75) is 18.7 Å². The number of benzene rings is 1. The molecule has 0 aliphatic carbocycles. The van der Waals surface area contributed by atoms with Crippen LogP contribution in [0.5, 0.6) is 0 Å². The molecule has 2 aromatic heterocycles. The summed E-state index contributed by atoms with van der Waals surface area (Å²) in [5.74, 6) is 0. The molecule has 0 saturated heterocycles. The van der Waals surface area contributed by atoms with Crippen molar-refractivity contribution in [3.05, 3.63) is 52.7 Å². The quantitative estimate of drug-likeness (QED) is 0.760. The summed E-state index contributed by atoms with van der Waals surface area (Å²) in [4.78, 5) is 4.63. The molecule has 0 atom stereocenters. The minimum Gasteiger partial charge on any atom is -0.345 e. The van der Waals surface area contributed by atoms with Gasteiger partial charge in [0.05, 0.1) is 23.0 Å². The second-order valence-corrected chi connectivity index (χ2v) is 8.14. The average Bonchev–Trinajstić information content (AvgIpc) is 3.12. The predicted octanol–water partition coefficient (Wildman–Crippen LogP) is 3.44. The molecule has 0 aliphatic rings. The fourth-order valence-corrected chi connectivity index (χ4v) is 4.67. The number of aromatic nitrogens is 2. The maximum absolute atomic E-state index is 12.8. The molecule has 6 nitrogen and oxygen atoms in total. The number of nitrogens with zero attached hydrogens (tertiary/aromatic N) is 3. The lowest BCUT2D eigenvalue weighted by molar-refractivity contribution is 0.600. The fourth-order valence-electron chi connectivity index (χ4n) is 2.48. The van der Waals surface area contributed by atoms with Crippen LogP contribution in [0.4, 0.5) is 5.69 Å². The SMILES string of the molecule is Cc1csc(-c2cc(S(=O)(=O)Nc3cccc(C#N)c3)c(C)n2C)n1. The first kappa shape index (κ1) is 17.2. The van der Waals surface area contributed by atoms with Crippen LogP contribution in [0.3, 0.4) is 0 Å². The van der Waals surface area contributed by atoms with E-state index in [-0.39, 0.29) is 4.90 Å². The third kappa shape index (κ3) is 3.29. The number of sulfonamides is 1. The van der Waals surface area contributed by atoms with Crippen LogP contribution in [0.15, 0.2) is 40.6 Å². The highest BCUT2D eigenvalue weighted by atomic mass is 32.2. The van der Waals surface area contributed by atoms with E-state index in [9.17, 15) is 8.42 Å². The normalized spacial score (nSPS) is 11.3. The molecule has 3 rings (SSSR count). The van der Waals surface area contributed by atoms with Crippen LogP contribution in [0, 0.1) is 25.2 Å². The highest BCUT2D eigenvalue weighted by molar-refractivity contribution is 7.92. The van der Waals surface area contributed by atoms with Crippen molar-refractivity contribution < 1.29 is 8.42 Å². The van der Waals surface area contributed by atoms with Gasteiger partial charge in [-0.2, -0.15) is 5.26 Å². The summed E-state index contributed by atoms with van der Waals surface area (Å²) in [6.07, 6.45) is 0. The van der Waals surface area contributed by atoms with Crippen LogP contribution in [0.1, 0.15) is 17.0 Å². The minimum absolute atomic E-state index is 0.195. The fraction of sp³-hybridized carbons (Fsp3) is 0.176. The van der Waals surface area contributed by atoms with Gasteiger partial charge in [0.25, 0.3) is 10.0 Å². The number of anilines is 1. The van der Waals surface area contributed by atoms with E-state index in [1.165, 1.54) is 17.4 Å². The predicted molar refractivity (Wildman–Crippen MR) is 98.0 cm³/mol. The summed E-state index contributed by atoms with van der Waals surface area (Å²) in [7, 11) is -1.96. The molecule has 0 spiro atoms. The molecule has 25 heavy (non-hydrogen) atoms. The van der Waals surface area contributed by atoms with Gasteiger partial charge >= 0.3 is 0 Å². The van der Waals surface area contributed by atoms with Crippen molar-refractivity contribution >= 4 is 27.0 Å². The van der Waals surface area contributed by atoms with E-state index in [4.69, 9.17) is 5.26 Å². The number of thiazole rings is 1. The Kier molecular flexibility index (Phi) is 4.37. The molecule has 0 radical (unpaired) electrons. The second-order valence-electron chi connectivity index (χ2n) is 5.63. The lowest BCUT2D eigenvalue weighted by atomic mass is 10.2. The summed E-state index contributed by atoms with van der Waals surface area (Å²) in [5, 5.41) is 11.7. The highest BCUT2D eigenvalue weighted by Gasteiger charge is 2.23. The number of nitrogens with one attached hydrogen (secondary N) is 1. The van der Waals surface area contributed by atoms with Crippen molar-refractivity contribution in [1.82, 2.24) is 9.55 Å². The topological polar surface area (TPSA) is 87.8 Å². The van der Waals surface area contributed by atoms with Gasteiger partial charge in [-0.25, -0.2) is 13.4 Å². The molecular formula is C17H16N4O2S2. The van der Waals surface area contributed by atoms with E-state index in [0.717, 1.165) is 16.4 Å². The standard InChI is InChI=1S/C17H16N4O2S2/c1-11-10-24-17(19-11)15-8-16(12(2)21(15)3)25(22,23)20-14-6-4-5-13(7-14)9-18/h4-8,10,20H,1-3H3. The van der Waals surface area contributed by atoms with Crippen LogP contribution in [0.25, 0.3) is 10.7 Å². The van der Waals surface area contributed by atoms with E-state index < -0.39 is 10.0 Å². The van der Waals surface area contributed by atoms with E-state index in [0.29, 0.717) is 16.9 Å². The number of rotatable bonds is 4. The molecule has 0 saturated carbocycles. The molecule has 0 fully saturated rings. The Morgan fingerprint density at radius 3 is 2.68 bits per heavy atom. The van der Waals surface area contributed by atoms with Crippen LogP contribution >= 0.6 is 11.3 Å². The largest absolute Gasteiger partial charge is 0.345 e. The Morgan fingerprint density at radius 2 is 2.04 bits per heavy atom. The molecule has 0 amide bonds. The zero-order valence-electron chi connectivity index (χ0n) is 13.9. The number of hydrogen-bond acceptors (Lipinski definition) is 5. The molecule has 3 aromatic rings. The Bertz CT molecular complexity index is 1090. The first-order valence-corrected chi connectivity index (χ1v) is 9.80. The van der Waals surface area contributed by atoms with Gasteiger partial charge in [0.15, 0.2) is 0 Å². The van der Waals surface area contributed by atoms with Crippen molar-refractivity contribution in [1.29, 1.82) is 5.26 Å². The van der Waals surface area contributed by atoms with E-state index >= 15 is 0 Å². The van der Waals surface area contributed by atoms with Crippen molar-refractivity contribution in [3.8, 4) is 16.8 Å². The monoisotopic (exact) mass is 372 g/mol. The van der Waals surface area contributed by atoms with Crippen molar-refractivity contribution in [2.24, 2.45) is 7.05 Å². The molecular weight excluding hydrogens is 356 g/mol. The van der Waals surface area contributed by atoms with Gasteiger partial charge in [-0.3, -0.25) is 4.72 Å². The molecule has 1 N–H and O–H groups in total. The Labute approximate surface area is 150 Å². The number of aryl methyl sites for hydroxylation is 1. The van der Waals surface area contributed by atoms with Crippen LogP contribution in [0.2, 0.25) is 0 Å². The van der Waals surface area contributed by atoms with Crippen LogP contribution in [-0.2, 0) is 17.1 Å². The summed E-state index contributed by atoms with van der Waals surface area (Å²) in [6.45, 7) is 3.65. The first-order valence-electron chi connectivity index (χ1n) is 7.43. The lowest BCUT2D eigenvalue weighted by Gasteiger charge is -2.08. The van der Waals surface area contributed by atoms with Gasteiger partial charge in [0.1, 0.15) is 9.90 Å². The van der Waals surface area contributed by atoms with Gasteiger partial charge in [-0.1, -0.05) is 6.07 Å². The third-order valence-corrected chi connectivity index (χ3v) is 6.34. The molecule has 1 aromatic carbocycles. The average molecular weight is 372 g/mol. The van der Waals surface area contributed by atoms with E-state index in [1.807, 2.05) is 30.0 Å². The maximum Gasteiger partial charge on any atom is 0.263 e. The van der Waals surface area contributed by atoms with E-state index in [1.54, 1.807) is 31.2 Å².